The van der Waals surface area contributed by atoms with Crippen LogP contribution >= 0.6 is 0 Å². The quantitative estimate of drug-likeness (QED) is 0.872. The van der Waals surface area contributed by atoms with E-state index in [-0.39, 0.29) is 5.91 Å². The lowest BCUT2D eigenvalue weighted by Gasteiger charge is -2.42. The third-order valence-electron chi connectivity index (χ3n) is 4.80. The average molecular weight is 303 g/mol. The van der Waals surface area contributed by atoms with Crippen LogP contribution in [0.15, 0.2) is 12.4 Å². The lowest BCUT2D eigenvalue weighted by Crippen LogP contribution is -2.55. The van der Waals surface area contributed by atoms with E-state index in [1.54, 1.807) is 6.20 Å². The van der Waals surface area contributed by atoms with Gasteiger partial charge >= 0.3 is 0 Å². The number of carbonyl (C=O) groups is 1. The van der Waals surface area contributed by atoms with E-state index in [0.29, 0.717) is 12.6 Å². The topological polar surface area (TPSA) is 65.7 Å². The number of hydrogen-bond donors (Lipinski definition) is 1. The number of anilines is 2. The number of amides is 1. The van der Waals surface area contributed by atoms with Gasteiger partial charge in [-0.15, -0.1) is 0 Å². The maximum atomic E-state index is 12.2. The van der Waals surface area contributed by atoms with Crippen LogP contribution in [0.2, 0.25) is 0 Å². The van der Waals surface area contributed by atoms with E-state index in [1.807, 2.05) is 13.2 Å². The molecule has 1 aromatic heterocycles. The molecule has 2 fully saturated rings. The molecular formula is C16H25N5O. The second-order valence-corrected chi connectivity index (χ2v) is 6.44. The van der Waals surface area contributed by atoms with Gasteiger partial charge < -0.3 is 15.5 Å². The van der Waals surface area contributed by atoms with E-state index in [2.05, 4.69) is 26.6 Å². The fraction of sp³-hybridized carbons (Fsp3) is 0.625. The molecule has 6 heteroatoms. The molecule has 0 spiro atoms. The Morgan fingerprint density at radius 1 is 1.18 bits per heavy atom. The Kier molecular flexibility index (Phi) is 4.20. The Labute approximate surface area is 131 Å². The van der Waals surface area contributed by atoms with Gasteiger partial charge in [0.1, 0.15) is 0 Å². The summed E-state index contributed by atoms with van der Waals surface area (Å²) >= 11 is 0. The zero-order valence-corrected chi connectivity index (χ0v) is 13.5. The van der Waals surface area contributed by atoms with Crippen LogP contribution in [0.25, 0.3) is 0 Å². The first-order valence-electron chi connectivity index (χ1n) is 7.99. The summed E-state index contributed by atoms with van der Waals surface area (Å²) < 4.78 is 0. The Morgan fingerprint density at radius 2 is 1.91 bits per heavy atom. The summed E-state index contributed by atoms with van der Waals surface area (Å²) in [5.74, 6) is 0.270. The van der Waals surface area contributed by atoms with E-state index in [1.165, 1.54) is 0 Å². The smallest absolute Gasteiger partial charge is 0.237 e. The highest BCUT2D eigenvalue weighted by molar-refractivity contribution is 5.79. The van der Waals surface area contributed by atoms with Gasteiger partial charge in [-0.25, -0.2) is 0 Å². The molecule has 0 aromatic carbocycles. The predicted octanol–water partition coefficient (Wildman–Crippen LogP) is 0.715. The number of nitrogens with two attached hydrogens (primary N) is 1. The summed E-state index contributed by atoms with van der Waals surface area (Å²) in [6, 6.07) is 0.376. The molecule has 0 unspecified atom stereocenters. The number of pyridine rings is 1. The first kappa shape index (κ1) is 15.1. The molecule has 0 atom stereocenters. The van der Waals surface area contributed by atoms with E-state index in [0.717, 1.165) is 56.0 Å². The number of piperazine rings is 1. The Hall–Kier alpha value is -1.82. The summed E-state index contributed by atoms with van der Waals surface area (Å²) in [5, 5.41) is 0. The SMILES string of the molecule is Cc1cncc(N)c1N1CCC(N2CCN(C)CC2=O)CC1. The van der Waals surface area contributed by atoms with Crippen LogP contribution < -0.4 is 10.6 Å². The van der Waals surface area contributed by atoms with Gasteiger partial charge in [-0.3, -0.25) is 14.7 Å². The Balaban J connectivity index is 1.64. The van der Waals surface area contributed by atoms with Gasteiger partial charge in [-0.2, -0.15) is 0 Å². The number of nitrogen functional groups attached to an aromatic ring is 1. The Bertz CT molecular complexity index is 533. The first-order valence-corrected chi connectivity index (χ1v) is 7.99. The molecule has 3 heterocycles. The van der Waals surface area contributed by atoms with E-state index in [9.17, 15) is 4.79 Å². The molecule has 1 aromatic rings. The molecule has 0 radical (unpaired) electrons. The maximum absolute atomic E-state index is 12.2. The van der Waals surface area contributed by atoms with Crippen molar-refractivity contribution in [3.8, 4) is 0 Å². The largest absolute Gasteiger partial charge is 0.396 e. The Morgan fingerprint density at radius 3 is 2.55 bits per heavy atom. The lowest BCUT2D eigenvalue weighted by molar-refractivity contribution is -0.138. The van der Waals surface area contributed by atoms with E-state index in [4.69, 9.17) is 5.73 Å². The summed E-state index contributed by atoms with van der Waals surface area (Å²) in [4.78, 5) is 22.9. The zero-order valence-electron chi connectivity index (χ0n) is 13.5. The predicted molar refractivity (Wildman–Crippen MR) is 87.8 cm³/mol. The molecule has 0 aliphatic carbocycles. The molecule has 1 amide bonds. The van der Waals surface area contributed by atoms with Gasteiger partial charge in [-0.05, 0) is 32.4 Å². The first-order chi connectivity index (χ1) is 10.6. The minimum absolute atomic E-state index is 0.270. The van der Waals surface area contributed by atoms with Crippen molar-refractivity contribution in [2.24, 2.45) is 0 Å². The van der Waals surface area contributed by atoms with Crippen LogP contribution in [-0.4, -0.2) is 66.5 Å². The van der Waals surface area contributed by atoms with Gasteiger partial charge in [-0.1, -0.05) is 0 Å². The van der Waals surface area contributed by atoms with Crippen molar-refractivity contribution in [2.75, 3.05) is 50.4 Å². The number of carbonyl (C=O) groups excluding carboxylic acids is 1. The number of hydrogen-bond acceptors (Lipinski definition) is 5. The highest BCUT2D eigenvalue weighted by Gasteiger charge is 2.31. The number of aryl methyl sites for hydroxylation is 1. The number of nitrogens with zero attached hydrogens (tertiary/aromatic N) is 4. The van der Waals surface area contributed by atoms with Crippen molar-refractivity contribution in [1.82, 2.24) is 14.8 Å². The van der Waals surface area contributed by atoms with Gasteiger partial charge in [0.15, 0.2) is 0 Å². The van der Waals surface area contributed by atoms with Crippen molar-refractivity contribution < 1.29 is 4.79 Å². The highest BCUT2D eigenvalue weighted by Crippen LogP contribution is 2.30. The molecule has 2 aliphatic heterocycles. The van der Waals surface area contributed by atoms with Crippen molar-refractivity contribution in [3.05, 3.63) is 18.0 Å². The third kappa shape index (κ3) is 2.88. The van der Waals surface area contributed by atoms with Gasteiger partial charge in [0.25, 0.3) is 0 Å². The molecule has 120 valence electrons. The van der Waals surface area contributed by atoms with Gasteiger partial charge in [0, 0.05) is 38.4 Å². The fourth-order valence-electron chi connectivity index (χ4n) is 3.60. The van der Waals surface area contributed by atoms with E-state index >= 15 is 0 Å². The third-order valence-corrected chi connectivity index (χ3v) is 4.80. The summed E-state index contributed by atoms with van der Waals surface area (Å²) in [6.07, 6.45) is 5.60. The van der Waals surface area contributed by atoms with Crippen LogP contribution in [0, 0.1) is 6.92 Å². The molecular weight excluding hydrogens is 278 g/mol. The molecule has 3 rings (SSSR count). The van der Waals surface area contributed by atoms with E-state index < -0.39 is 0 Å². The van der Waals surface area contributed by atoms with Crippen molar-refractivity contribution in [3.63, 3.8) is 0 Å². The molecule has 2 saturated heterocycles. The number of aromatic nitrogens is 1. The van der Waals surface area contributed by atoms with Crippen LogP contribution in [0.4, 0.5) is 11.4 Å². The number of rotatable bonds is 2. The minimum atomic E-state index is 0.270. The van der Waals surface area contributed by atoms with Gasteiger partial charge in [0.05, 0.1) is 24.1 Å². The molecule has 22 heavy (non-hydrogen) atoms. The maximum Gasteiger partial charge on any atom is 0.237 e. The fourth-order valence-corrected chi connectivity index (χ4v) is 3.60. The van der Waals surface area contributed by atoms with Crippen LogP contribution in [0.5, 0.6) is 0 Å². The minimum Gasteiger partial charge on any atom is -0.396 e. The van der Waals surface area contributed by atoms with Gasteiger partial charge in [0.2, 0.25) is 5.91 Å². The number of piperidine rings is 1. The monoisotopic (exact) mass is 303 g/mol. The van der Waals surface area contributed by atoms with Crippen molar-refractivity contribution in [2.45, 2.75) is 25.8 Å². The van der Waals surface area contributed by atoms with Crippen molar-refractivity contribution in [1.29, 1.82) is 0 Å². The summed E-state index contributed by atoms with van der Waals surface area (Å²) in [7, 11) is 2.01. The van der Waals surface area contributed by atoms with Crippen LogP contribution in [0.1, 0.15) is 18.4 Å². The molecule has 0 bridgehead atoms. The molecule has 2 aliphatic rings. The lowest BCUT2D eigenvalue weighted by atomic mass is 10.0. The van der Waals surface area contributed by atoms with Crippen LogP contribution in [0.3, 0.4) is 0 Å². The molecule has 2 N–H and O–H groups in total. The summed E-state index contributed by atoms with van der Waals surface area (Å²) in [5.41, 5.74) is 9.07. The number of likely N-dealkylation sites (N-methyl/N-ethyl adjacent to an activating group) is 1. The average Bonchev–Trinajstić information content (AvgIpc) is 2.48. The molecule has 6 nitrogen and oxygen atoms in total. The highest BCUT2D eigenvalue weighted by atomic mass is 16.2. The van der Waals surface area contributed by atoms with Crippen molar-refractivity contribution >= 4 is 17.3 Å². The standard InChI is InChI=1S/C16H25N5O/c1-12-9-18-10-14(17)16(12)20-5-3-13(4-6-20)21-8-7-19(2)11-15(21)22/h9-10,13H,3-8,11,17H2,1-2H3. The molecule has 0 saturated carbocycles. The van der Waals surface area contributed by atoms with Crippen LogP contribution in [-0.2, 0) is 4.79 Å². The zero-order chi connectivity index (χ0) is 15.7. The normalized spacial score (nSPS) is 21.5. The second-order valence-electron chi connectivity index (χ2n) is 6.44. The second kappa shape index (κ2) is 6.12. The summed E-state index contributed by atoms with van der Waals surface area (Å²) in [6.45, 7) is 6.32.